The van der Waals surface area contributed by atoms with Gasteiger partial charge in [-0.3, -0.25) is 4.79 Å². The van der Waals surface area contributed by atoms with E-state index in [0.717, 1.165) is 11.1 Å². The topological polar surface area (TPSA) is 92.4 Å². The van der Waals surface area contributed by atoms with E-state index in [4.69, 9.17) is 10.8 Å². The average molecular weight is 284 g/mol. The minimum Gasteiger partial charge on any atom is -0.478 e. The van der Waals surface area contributed by atoms with E-state index in [0.29, 0.717) is 12.2 Å². The van der Waals surface area contributed by atoms with E-state index in [1.165, 1.54) is 12.1 Å². The van der Waals surface area contributed by atoms with Crippen molar-refractivity contribution in [3.63, 3.8) is 0 Å². The number of carbonyl (C=O) groups excluding carboxylic acids is 1. The van der Waals surface area contributed by atoms with Crippen LogP contribution < -0.4 is 11.1 Å². The second-order valence-corrected chi connectivity index (χ2v) is 4.70. The van der Waals surface area contributed by atoms with E-state index in [1.54, 1.807) is 24.3 Å². The molecule has 2 rings (SSSR count). The summed E-state index contributed by atoms with van der Waals surface area (Å²) in [4.78, 5) is 22.5. The lowest BCUT2D eigenvalue weighted by atomic mass is 10.1. The molecule has 0 atom stereocenters. The number of carboxylic acid groups (broad SMARTS) is 1. The molecule has 0 fully saturated rings. The molecule has 0 saturated carbocycles. The van der Waals surface area contributed by atoms with Crippen LogP contribution in [-0.2, 0) is 17.8 Å². The summed E-state index contributed by atoms with van der Waals surface area (Å²) in [5.41, 5.74) is 8.22. The molecule has 0 aromatic heterocycles. The fraction of sp³-hybridized carbons (Fsp3) is 0.125. The number of hydrogen-bond donors (Lipinski definition) is 3. The Morgan fingerprint density at radius 2 is 1.52 bits per heavy atom. The van der Waals surface area contributed by atoms with Crippen LogP contribution in [0.25, 0.3) is 0 Å². The number of carboxylic acids is 1. The van der Waals surface area contributed by atoms with Crippen LogP contribution in [0.4, 0.5) is 5.69 Å². The summed E-state index contributed by atoms with van der Waals surface area (Å²) >= 11 is 0. The second kappa shape index (κ2) is 6.56. The number of nitrogens with one attached hydrogen (secondary N) is 1. The smallest absolute Gasteiger partial charge is 0.335 e. The van der Waals surface area contributed by atoms with Gasteiger partial charge in [0.05, 0.1) is 12.0 Å². The largest absolute Gasteiger partial charge is 0.478 e. The van der Waals surface area contributed by atoms with Crippen LogP contribution in [0, 0.1) is 0 Å². The Labute approximate surface area is 122 Å². The molecule has 0 unspecified atom stereocenters. The maximum Gasteiger partial charge on any atom is 0.335 e. The zero-order chi connectivity index (χ0) is 15.2. The molecule has 0 aliphatic heterocycles. The van der Waals surface area contributed by atoms with Crippen LogP contribution in [0.3, 0.4) is 0 Å². The number of hydrogen-bond acceptors (Lipinski definition) is 3. The molecule has 0 aliphatic carbocycles. The molecule has 5 heteroatoms. The zero-order valence-electron chi connectivity index (χ0n) is 11.4. The van der Waals surface area contributed by atoms with Crippen molar-refractivity contribution < 1.29 is 14.7 Å². The van der Waals surface area contributed by atoms with Gasteiger partial charge in [-0.05, 0) is 35.4 Å². The van der Waals surface area contributed by atoms with E-state index in [9.17, 15) is 9.59 Å². The number of nitrogens with two attached hydrogens (primary N) is 1. The molecule has 0 aliphatic rings. The van der Waals surface area contributed by atoms with Gasteiger partial charge in [0.15, 0.2) is 0 Å². The molecule has 0 bridgehead atoms. The minimum atomic E-state index is -0.964. The van der Waals surface area contributed by atoms with Gasteiger partial charge in [-0.2, -0.15) is 0 Å². The van der Waals surface area contributed by atoms with E-state index < -0.39 is 5.97 Å². The Bertz CT molecular complexity index is 634. The van der Waals surface area contributed by atoms with Crippen molar-refractivity contribution >= 4 is 17.6 Å². The Kier molecular flexibility index (Phi) is 4.56. The zero-order valence-corrected chi connectivity index (χ0v) is 11.4. The summed E-state index contributed by atoms with van der Waals surface area (Å²) < 4.78 is 0. The normalized spacial score (nSPS) is 10.1. The lowest BCUT2D eigenvalue weighted by Crippen LogP contribution is -2.24. The third-order valence-electron chi connectivity index (χ3n) is 3.03. The standard InChI is InChI=1S/C16H16N2O3/c17-14-7-3-11(4-8-14)9-15(19)18-10-12-1-5-13(6-2-12)16(20)21/h1-8H,9-10,17H2,(H,18,19)(H,20,21). The van der Waals surface area contributed by atoms with Gasteiger partial charge < -0.3 is 16.2 Å². The first-order valence-electron chi connectivity index (χ1n) is 6.48. The van der Waals surface area contributed by atoms with Gasteiger partial charge in [-0.25, -0.2) is 4.79 Å². The Hall–Kier alpha value is -2.82. The quantitative estimate of drug-likeness (QED) is 0.730. The molecule has 5 nitrogen and oxygen atoms in total. The predicted octanol–water partition coefficient (Wildman–Crippen LogP) is 1.83. The molecule has 4 N–H and O–H groups in total. The molecule has 0 radical (unpaired) electrons. The van der Waals surface area contributed by atoms with Crippen molar-refractivity contribution in [2.45, 2.75) is 13.0 Å². The van der Waals surface area contributed by atoms with E-state index in [1.807, 2.05) is 12.1 Å². The molecule has 108 valence electrons. The highest BCUT2D eigenvalue weighted by atomic mass is 16.4. The number of benzene rings is 2. The van der Waals surface area contributed by atoms with Crippen molar-refractivity contribution in [2.24, 2.45) is 0 Å². The van der Waals surface area contributed by atoms with Crippen LogP contribution in [0.2, 0.25) is 0 Å². The number of aromatic carboxylic acids is 1. The van der Waals surface area contributed by atoms with Crippen molar-refractivity contribution in [1.82, 2.24) is 5.32 Å². The van der Waals surface area contributed by atoms with Crippen LogP contribution in [-0.4, -0.2) is 17.0 Å². The molecule has 0 spiro atoms. The maximum absolute atomic E-state index is 11.8. The van der Waals surface area contributed by atoms with E-state index in [-0.39, 0.29) is 17.9 Å². The lowest BCUT2D eigenvalue weighted by Gasteiger charge is -2.06. The van der Waals surface area contributed by atoms with Crippen LogP contribution in [0.5, 0.6) is 0 Å². The number of carbonyl (C=O) groups is 2. The summed E-state index contributed by atoms with van der Waals surface area (Å²) in [6, 6.07) is 13.6. The summed E-state index contributed by atoms with van der Waals surface area (Å²) in [5, 5.41) is 11.6. The first-order valence-corrected chi connectivity index (χ1v) is 6.48. The maximum atomic E-state index is 11.8. The number of rotatable bonds is 5. The summed E-state index contributed by atoms with van der Waals surface area (Å²) in [6.45, 7) is 0.369. The molecule has 21 heavy (non-hydrogen) atoms. The van der Waals surface area contributed by atoms with Crippen LogP contribution in [0.1, 0.15) is 21.5 Å². The van der Waals surface area contributed by atoms with Crippen molar-refractivity contribution in [3.8, 4) is 0 Å². The Morgan fingerprint density at radius 1 is 0.952 bits per heavy atom. The monoisotopic (exact) mass is 284 g/mol. The third kappa shape index (κ3) is 4.35. The predicted molar refractivity (Wildman–Crippen MR) is 79.8 cm³/mol. The third-order valence-corrected chi connectivity index (χ3v) is 3.03. The highest BCUT2D eigenvalue weighted by Gasteiger charge is 2.05. The first kappa shape index (κ1) is 14.6. The molecule has 2 aromatic carbocycles. The van der Waals surface area contributed by atoms with E-state index in [2.05, 4.69) is 5.32 Å². The number of nitrogen functional groups attached to an aromatic ring is 1. The number of amides is 1. The van der Waals surface area contributed by atoms with Crippen molar-refractivity contribution in [3.05, 3.63) is 65.2 Å². The van der Waals surface area contributed by atoms with Crippen LogP contribution >= 0.6 is 0 Å². The number of anilines is 1. The summed E-state index contributed by atoms with van der Waals surface area (Å²) in [5.74, 6) is -1.06. The van der Waals surface area contributed by atoms with Gasteiger partial charge >= 0.3 is 5.97 Å². The molecule has 0 heterocycles. The highest BCUT2D eigenvalue weighted by molar-refractivity contribution is 5.87. The Morgan fingerprint density at radius 3 is 2.10 bits per heavy atom. The van der Waals surface area contributed by atoms with Gasteiger partial charge in [0, 0.05) is 12.2 Å². The minimum absolute atomic E-state index is 0.0953. The van der Waals surface area contributed by atoms with Crippen LogP contribution in [0.15, 0.2) is 48.5 Å². The first-order chi connectivity index (χ1) is 10.0. The molecule has 0 saturated heterocycles. The fourth-order valence-electron chi connectivity index (χ4n) is 1.85. The molecular weight excluding hydrogens is 268 g/mol. The molecule has 1 amide bonds. The Balaban J connectivity index is 1.86. The van der Waals surface area contributed by atoms with Gasteiger partial charge in [0.25, 0.3) is 0 Å². The van der Waals surface area contributed by atoms with Crippen molar-refractivity contribution in [2.75, 3.05) is 5.73 Å². The highest BCUT2D eigenvalue weighted by Crippen LogP contribution is 2.07. The summed E-state index contributed by atoms with van der Waals surface area (Å²) in [6.07, 6.45) is 0.285. The molecule has 2 aromatic rings. The fourth-order valence-corrected chi connectivity index (χ4v) is 1.85. The van der Waals surface area contributed by atoms with Gasteiger partial charge in [0.1, 0.15) is 0 Å². The average Bonchev–Trinajstić information content (AvgIpc) is 2.48. The van der Waals surface area contributed by atoms with Gasteiger partial charge in [-0.1, -0.05) is 24.3 Å². The SMILES string of the molecule is Nc1ccc(CC(=O)NCc2ccc(C(=O)O)cc2)cc1. The lowest BCUT2D eigenvalue weighted by molar-refractivity contribution is -0.120. The van der Waals surface area contributed by atoms with Gasteiger partial charge in [-0.15, -0.1) is 0 Å². The van der Waals surface area contributed by atoms with E-state index >= 15 is 0 Å². The molecular formula is C16H16N2O3. The van der Waals surface area contributed by atoms with Gasteiger partial charge in [0.2, 0.25) is 5.91 Å². The summed E-state index contributed by atoms with van der Waals surface area (Å²) in [7, 11) is 0. The second-order valence-electron chi connectivity index (χ2n) is 4.70. The van der Waals surface area contributed by atoms with Crippen molar-refractivity contribution in [1.29, 1.82) is 0 Å².